The lowest BCUT2D eigenvalue weighted by atomic mass is 10.1. The van der Waals surface area contributed by atoms with Crippen molar-refractivity contribution in [2.24, 2.45) is 0 Å². The number of thiophene rings is 1. The molecule has 52 heavy (non-hydrogen) atoms. The van der Waals surface area contributed by atoms with E-state index in [0.29, 0.717) is 0 Å². The van der Waals surface area contributed by atoms with Crippen molar-refractivity contribution in [1.82, 2.24) is 0 Å². The van der Waals surface area contributed by atoms with Gasteiger partial charge in [-0.25, -0.2) is 0 Å². The van der Waals surface area contributed by atoms with E-state index in [9.17, 15) is 0 Å². The molecule has 0 radical (unpaired) electrons. The molecule has 0 atom stereocenters. The first-order chi connectivity index (χ1) is 25.8. The molecule has 0 bridgehead atoms. The Hall–Kier alpha value is -6.62. The Balaban J connectivity index is 1.32. The molecule has 248 valence electrons. The van der Waals surface area contributed by atoms with Crippen LogP contribution < -0.4 is 14.7 Å². The van der Waals surface area contributed by atoms with Gasteiger partial charge in [-0.05, 0) is 97.1 Å². The molecule has 8 aromatic carbocycles. The van der Waals surface area contributed by atoms with Gasteiger partial charge < -0.3 is 14.7 Å². The van der Waals surface area contributed by atoms with Gasteiger partial charge in [0.25, 0.3) is 0 Å². The molecular weight excluding hydrogens is 651 g/mol. The molecule has 0 saturated carbocycles. The van der Waals surface area contributed by atoms with E-state index in [-0.39, 0.29) is 0 Å². The van der Waals surface area contributed by atoms with Gasteiger partial charge in [0.2, 0.25) is 0 Å². The van der Waals surface area contributed by atoms with Crippen LogP contribution in [0.2, 0.25) is 0 Å². The van der Waals surface area contributed by atoms with Crippen LogP contribution in [-0.2, 0) is 0 Å². The summed E-state index contributed by atoms with van der Waals surface area (Å²) in [6.45, 7) is 0. The van der Waals surface area contributed by atoms with Gasteiger partial charge in [-0.2, -0.15) is 0 Å². The molecule has 9 aromatic rings. The summed E-state index contributed by atoms with van der Waals surface area (Å²) in [5.41, 5.74) is 10.0. The molecule has 0 aliphatic heterocycles. The van der Waals surface area contributed by atoms with Crippen molar-refractivity contribution >= 4 is 82.7 Å². The molecule has 4 heteroatoms. The fourth-order valence-electron chi connectivity index (χ4n) is 7.05. The summed E-state index contributed by atoms with van der Waals surface area (Å²) in [6, 6.07) is 75.6. The van der Waals surface area contributed by atoms with Gasteiger partial charge >= 0.3 is 0 Å². The number of anilines is 9. The van der Waals surface area contributed by atoms with Crippen LogP contribution in [-0.4, -0.2) is 0 Å². The minimum Gasteiger partial charge on any atom is -0.310 e. The molecule has 0 saturated heterocycles. The molecule has 1 aromatic heterocycles. The summed E-state index contributed by atoms with van der Waals surface area (Å²) in [5.74, 6) is 0. The van der Waals surface area contributed by atoms with Gasteiger partial charge in [0, 0.05) is 61.0 Å². The second-order valence-corrected chi connectivity index (χ2v) is 13.7. The molecule has 0 fully saturated rings. The molecule has 0 aliphatic rings. The molecule has 0 aliphatic carbocycles. The lowest BCUT2D eigenvalue weighted by Gasteiger charge is -2.30. The Labute approximate surface area is 308 Å². The topological polar surface area (TPSA) is 9.72 Å². The minimum atomic E-state index is 1.09. The third kappa shape index (κ3) is 5.96. The largest absolute Gasteiger partial charge is 0.310 e. The van der Waals surface area contributed by atoms with Crippen molar-refractivity contribution in [3.63, 3.8) is 0 Å². The van der Waals surface area contributed by atoms with E-state index in [1.165, 1.54) is 20.2 Å². The Morgan fingerprint density at radius 3 is 1.04 bits per heavy atom. The average Bonchev–Trinajstić information content (AvgIpc) is 3.59. The minimum absolute atomic E-state index is 1.09. The van der Waals surface area contributed by atoms with Crippen molar-refractivity contribution in [3.8, 4) is 0 Å². The van der Waals surface area contributed by atoms with Crippen LogP contribution in [0.3, 0.4) is 0 Å². The SMILES string of the molecule is c1ccc(N(c2ccccc2)c2ccc3c(c2)sc2c(N(c4ccccc4)c4ccccc4)cc(N(c4ccccc4)c4ccccc4)cc23)cc1. The number of rotatable bonds is 9. The van der Waals surface area contributed by atoms with Gasteiger partial charge in [-0.1, -0.05) is 115 Å². The molecular formula is C48H35N3S. The summed E-state index contributed by atoms with van der Waals surface area (Å²) in [6.07, 6.45) is 0. The normalized spacial score (nSPS) is 11.1. The quantitative estimate of drug-likeness (QED) is 0.150. The van der Waals surface area contributed by atoms with Crippen LogP contribution in [0, 0.1) is 0 Å². The molecule has 1 heterocycles. The molecule has 9 rings (SSSR count). The summed E-state index contributed by atoms with van der Waals surface area (Å²) in [4.78, 5) is 7.10. The van der Waals surface area contributed by atoms with Crippen molar-refractivity contribution in [2.45, 2.75) is 0 Å². The molecule has 0 spiro atoms. The summed E-state index contributed by atoms with van der Waals surface area (Å²) >= 11 is 1.85. The van der Waals surface area contributed by atoms with E-state index in [0.717, 1.165) is 51.2 Å². The highest BCUT2D eigenvalue weighted by Crippen LogP contribution is 2.50. The highest BCUT2D eigenvalue weighted by atomic mass is 32.1. The zero-order valence-corrected chi connectivity index (χ0v) is 29.3. The van der Waals surface area contributed by atoms with Crippen molar-refractivity contribution in [3.05, 3.63) is 212 Å². The fraction of sp³-hybridized carbons (Fsp3) is 0. The summed E-state index contributed by atoms with van der Waals surface area (Å²) < 4.78 is 2.46. The van der Waals surface area contributed by atoms with Crippen molar-refractivity contribution in [1.29, 1.82) is 0 Å². The number of para-hydroxylation sites is 6. The fourth-order valence-corrected chi connectivity index (χ4v) is 8.27. The Kier molecular flexibility index (Phi) is 8.41. The average molecular weight is 686 g/mol. The summed E-state index contributed by atoms with van der Waals surface area (Å²) in [5, 5.41) is 2.45. The number of hydrogen-bond donors (Lipinski definition) is 0. The monoisotopic (exact) mass is 685 g/mol. The van der Waals surface area contributed by atoms with Gasteiger partial charge in [-0.15, -0.1) is 11.3 Å². The van der Waals surface area contributed by atoms with E-state index < -0.39 is 0 Å². The lowest BCUT2D eigenvalue weighted by molar-refractivity contribution is 1.26. The van der Waals surface area contributed by atoms with Crippen LogP contribution >= 0.6 is 11.3 Å². The van der Waals surface area contributed by atoms with Gasteiger partial charge in [-0.3, -0.25) is 0 Å². The van der Waals surface area contributed by atoms with Crippen LogP contribution in [0.25, 0.3) is 20.2 Å². The van der Waals surface area contributed by atoms with E-state index in [2.05, 4.69) is 227 Å². The second-order valence-electron chi connectivity index (χ2n) is 12.6. The number of fused-ring (bicyclic) bond motifs is 3. The Morgan fingerprint density at radius 1 is 0.269 bits per heavy atom. The molecule has 0 N–H and O–H groups in total. The highest BCUT2D eigenvalue weighted by molar-refractivity contribution is 7.26. The van der Waals surface area contributed by atoms with Gasteiger partial charge in [0.1, 0.15) is 0 Å². The van der Waals surface area contributed by atoms with Crippen LogP contribution in [0.15, 0.2) is 212 Å². The van der Waals surface area contributed by atoms with Crippen molar-refractivity contribution < 1.29 is 0 Å². The molecule has 0 amide bonds. The zero-order valence-electron chi connectivity index (χ0n) is 28.5. The van der Waals surface area contributed by atoms with E-state index in [4.69, 9.17) is 0 Å². The zero-order chi connectivity index (χ0) is 34.7. The number of hydrogen-bond acceptors (Lipinski definition) is 4. The number of benzene rings is 8. The smallest absolute Gasteiger partial charge is 0.0661 e. The van der Waals surface area contributed by atoms with E-state index >= 15 is 0 Å². The Morgan fingerprint density at radius 2 is 0.635 bits per heavy atom. The first-order valence-electron chi connectivity index (χ1n) is 17.5. The maximum atomic E-state index is 2.40. The highest BCUT2D eigenvalue weighted by Gasteiger charge is 2.23. The van der Waals surface area contributed by atoms with E-state index in [1.54, 1.807) is 0 Å². The number of nitrogens with zero attached hydrogens (tertiary/aromatic N) is 3. The molecule has 0 unspecified atom stereocenters. The van der Waals surface area contributed by atoms with E-state index in [1.807, 2.05) is 11.3 Å². The summed E-state index contributed by atoms with van der Waals surface area (Å²) in [7, 11) is 0. The third-order valence-corrected chi connectivity index (χ3v) is 10.6. The maximum Gasteiger partial charge on any atom is 0.0661 e. The first kappa shape index (κ1) is 31.4. The maximum absolute atomic E-state index is 2.40. The Bertz CT molecular complexity index is 2440. The van der Waals surface area contributed by atoms with Gasteiger partial charge in [0.15, 0.2) is 0 Å². The second kappa shape index (κ2) is 13.9. The van der Waals surface area contributed by atoms with Gasteiger partial charge in [0.05, 0.1) is 10.4 Å². The first-order valence-corrected chi connectivity index (χ1v) is 18.3. The van der Waals surface area contributed by atoms with Crippen molar-refractivity contribution in [2.75, 3.05) is 14.7 Å². The van der Waals surface area contributed by atoms with Crippen LogP contribution in [0.4, 0.5) is 51.2 Å². The predicted molar refractivity (Wildman–Crippen MR) is 223 cm³/mol. The van der Waals surface area contributed by atoms with Crippen LogP contribution in [0.1, 0.15) is 0 Å². The lowest BCUT2D eigenvalue weighted by Crippen LogP contribution is -2.13. The van der Waals surface area contributed by atoms with Crippen LogP contribution in [0.5, 0.6) is 0 Å². The molecule has 3 nitrogen and oxygen atoms in total. The standard InChI is InChI=1S/C48H35N3S/c1-7-19-36(20-8-1)49(37-21-9-2-10-22-37)42-31-32-44-45-33-43(50(38-23-11-3-12-24-38)39-25-13-4-14-26-39)34-46(48(45)52-47(44)35-42)51(40-27-15-5-16-28-40)41-29-17-6-18-30-41/h1-35H. The third-order valence-electron chi connectivity index (χ3n) is 9.37. The predicted octanol–water partition coefficient (Wildman–Crippen LogP) is 14.5.